The molecule has 0 saturated carbocycles. The Bertz CT molecular complexity index is 494. The molecule has 0 radical (unpaired) electrons. The minimum Gasteiger partial charge on any atom is -0.379 e. The summed E-state index contributed by atoms with van der Waals surface area (Å²) in [6.07, 6.45) is 2.09. The summed E-state index contributed by atoms with van der Waals surface area (Å²) in [7, 11) is -1.88. The highest BCUT2D eigenvalue weighted by Crippen LogP contribution is 2.18. The third kappa shape index (κ3) is 5.90. The van der Waals surface area contributed by atoms with E-state index >= 15 is 0 Å². The van der Waals surface area contributed by atoms with Crippen LogP contribution in [0.4, 0.5) is 0 Å². The van der Waals surface area contributed by atoms with Crippen molar-refractivity contribution in [2.75, 3.05) is 70.7 Å². The van der Waals surface area contributed by atoms with Crippen molar-refractivity contribution in [2.45, 2.75) is 12.5 Å². The molecule has 9 heteroatoms. The molecule has 0 spiro atoms. The van der Waals surface area contributed by atoms with E-state index in [-0.39, 0.29) is 18.5 Å². The Morgan fingerprint density at radius 2 is 2.00 bits per heavy atom. The zero-order valence-electron chi connectivity index (χ0n) is 13.9. The second-order valence-electron chi connectivity index (χ2n) is 6.10. The molecule has 2 aliphatic rings. The molecule has 0 aromatic carbocycles. The van der Waals surface area contributed by atoms with Crippen molar-refractivity contribution in [3.63, 3.8) is 0 Å². The van der Waals surface area contributed by atoms with Gasteiger partial charge in [0.25, 0.3) is 0 Å². The number of rotatable bonds is 5. The van der Waals surface area contributed by atoms with Gasteiger partial charge < -0.3 is 9.64 Å². The Hall–Kier alpha value is -0.350. The summed E-state index contributed by atoms with van der Waals surface area (Å²) in [5.41, 5.74) is 0. The maximum Gasteiger partial charge on any atom is 0.238 e. The summed E-state index contributed by atoms with van der Waals surface area (Å²) < 4.78 is 29.6. The van der Waals surface area contributed by atoms with Gasteiger partial charge in [0.05, 0.1) is 32.1 Å². The van der Waals surface area contributed by atoms with Crippen LogP contribution in [0.15, 0.2) is 0 Å². The van der Waals surface area contributed by atoms with Gasteiger partial charge in [-0.05, 0) is 12.2 Å². The Labute approximate surface area is 143 Å². The topological polar surface area (TPSA) is 70.2 Å². The average Bonchev–Trinajstić information content (AvgIpc) is 2.73. The van der Waals surface area contributed by atoms with Crippen LogP contribution in [0.2, 0.25) is 0 Å². The number of ether oxygens (including phenoxy) is 1. The summed E-state index contributed by atoms with van der Waals surface area (Å²) in [6, 6.07) is 0.140. The molecule has 2 fully saturated rings. The number of carbonyl (C=O) groups is 1. The zero-order chi connectivity index (χ0) is 16.9. The van der Waals surface area contributed by atoms with E-state index in [4.69, 9.17) is 4.74 Å². The summed E-state index contributed by atoms with van der Waals surface area (Å²) in [4.78, 5) is 16.8. The smallest absolute Gasteiger partial charge is 0.238 e. The molecule has 0 aliphatic carbocycles. The quantitative estimate of drug-likeness (QED) is 0.657. The summed E-state index contributed by atoms with van der Waals surface area (Å²) >= 11 is 1.87. The van der Waals surface area contributed by atoms with Crippen LogP contribution >= 0.6 is 11.8 Å². The third-order valence-electron chi connectivity index (χ3n) is 4.26. The Balaban J connectivity index is 2.00. The Morgan fingerprint density at radius 3 is 2.65 bits per heavy atom. The zero-order valence-corrected chi connectivity index (χ0v) is 15.6. The fourth-order valence-corrected chi connectivity index (χ4v) is 4.19. The van der Waals surface area contributed by atoms with Gasteiger partial charge in [0.15, 0.2) is 0 Å². The number of carbonyl (C=O) groups excluding carboxylic acids is 1. The van der Waals surface area contributed by atoms with Crippen LogP contribution in [0, 0.1) is 0 Å². The van der Waals surface area contributed by atoms with Crippen molar-refractivity contribution in [3.05, 3.63) is 0 Å². The predicted octanol–water partition coefficient (Wildman–Crippen LogP) is -0.456. The molecular formula is C14H27N3O4S2. The van der Waals surface area contributed by atoms with E-state index in [0.29, 0.717) is 6.54 Å². The van der Waals surface area contributed by atoms with Crippen LogP contribution in [-0.4, -0.2) is 105 Å². The van der Waals surface area contributed by atoms with Crippen molar-refractivity contribution >= 4 is 27.7 Å². The van der Waals surface area contributed by atoms with Gasteiger partial charge in [-0.25, -0.2) is 8.42 Å². The molecule has 2 heterocycles. The van der Waals surface area contributed by atoms with Gasteiger partial charge in [-0.15, -0.1) is 0 Å². The second kappa shape index (κ2) is 8.66. The maximum absolute atomic E-state index is 12.6. The standard InChI is InChI=1S/C14H27N3O4S2/c1-15(23(2,19)20)11-14(18)17-4-3-9-22-12-13(17)10-16-5-7-21-8-6-16/h13H,3-12H2,1-2H3/t13-/m1/s1. The second-order valence-corrected chi connectivity index (χ2v) is 9.34. The van der Waals surface area contributed by atoms with Gasteiger partial charge in [-0.1, -0.05) is 0 Å². The van der Waals surface area contributed by atoms with Crippen LogP contribution in [0.3, 0.4) is 0 Å². The van der Waals surface area contributed by atoms with Gasteiger partial charge in [-0.2, -0.15) is 16.1 Å². The molecule has 2 saturated heterocycles. The number of amides is 1. The summed E-state index contributed by atoms with van der Waals surface area (Å²) in [5, 5.41) is 0. The minimum atomic E-state index is -3.34. The molecule has 0 aromatic rings. The van der Waals surface area contributed by atoms with Gasteiger partial charge in [0.1, 0.15) is 0 Å². The Kier molecular flexibility index (Phi) is 7.15. The molecule has 0 unspecified atom stereocenters. The van der Waals surface area contributed by atoms with Crippen molar-refractivity contribution < 1.29 is 17.9 Å². The summed E-state index contributed by atoms with van der Waals surface area (Å²) in [6.45, 7) is 4.74. The number of nitrogens with zero attached hydrogens (tertiary/aromatic N) is 3. The highest BCUT2D eigenvalue weighted by atomic mass is 32.2. The Morgan fingerprint density at radius 1 is 1.30 bits per heavy atom. The number of likely N-dealkylation sites (N-methyl/N-ethyl adjacent to an activating group) is 1. The van der Waals surface area contributed by atoms with E-state index in [1.807, 2.05) is 16.7 Å². The van der Waals surface area contributed by atoms with E-state index in [9.17, 15) is 13.2 Å². The van der Waals surface area contributed by atoms with Crippen molar-refractivity contribution in [1.29, 1.82) is 0 Å². The number of thioether (sulfide) groups is 1. The molecule has 23 heavy (non-hydrogen) atoms. The lowest BCUT2D eigenvalue weighted by molar-refractivity contribution is -0.133. The fraction of sp³-hybridized carbons (Fsp3) is 0.929. The molecule has 2 aliphatic heterocycles. The molecule has 7 nitrogen and oxygen atoms in total. The monoisotopic (exact) mass is 365 g/mol. The third-order valence-corrected chi connectivity index (χ3v) is 6.72. The highest BCUT2D eigenvalue weighted by Gasteiger charge is 2.29. The van der Waals surface area contributed by atoms with E-state index in [2.05, 4.69) is 4.90 Å². The molecule has 1 atom stereocenters. The average molecular weight is 366 g/mol. The first-order valence-electron chi connectivity index (χ1n) is 7.96. The van der Waals surface area contributed by atoms with Gasteiger partial charge in [0.2, 0.25) is 15.9 Å². The van der Waals surface area contributed by atoms with Crippen LogP contribution in [0.1, 0.15) is 6.42 Å². The molecule has 1 amide bonds. The lowest BCUT2D eigenvalue weighted by Crippen LogP contribution is -2.52. The number of sulfonamides is 1. The van der Waals surface area contributed by atoms with E-state index in [0.717, 1.165) is 61.3 Å². The molecule has 2 rings (SSSR count). The molecule has 134 valence electrons. The van der Waals surface area contributed by atoms with E-state index in [1.165, 1.54) is 7.05 Å². The van der Waals surface area contributed by atoms with Crippen LogP contribution in [0.5, 0.6) is 0 Å². The van der Waals surface area contributed by atoms with E-state index < -0.39 is 10.0 Å². The lowest BCUT2D eigenvalue weighted by atomic mass is 10.2. The fourth-order valence-electron chi connectivity index (χ4n) is 2.79. The first-order chi connectivity index (χ1) is 10.9. The number of hydrogen-bond donors (Lipinski definition) is 0. The SMILES string of the molecule is CN(CC(=O)N1CCCSC[C@H]1CN1CCOCC1)S(C)(=O)=O. The van der Waals surface area contributed by atoms with Gasteiger partial charge >= 0.3 is 0 Å². The molecule has 0 aromatic heterocycles. The normalized spacial score (nSPS) is 24.7. The number of hydrogen-bond acceptors (Lipinski definition) is 6. The lowest BCUT2D eigenvalue weighted by Gasteiger charge is -2.36. The van der Waals surface area contributed by atoms with E-state index in [1.54, 1.807) is 0 Å². The van der Waals surface area contributed by atoms with Crippen molar-refractivity contribution in [3.8, 4) is 0 Å². The first-order valence-corrected chi connectivity index (χ1v) is 11.0. The maximum atomic E-state index is 12.6. The molecule has 0 bridgehead atoms. The summed E-state index contributed by atoms with van der Waals surface area (Å²) in [5.74, 6) is 1.86. The van der Waals surface area contributed by atoms with Crippen LogP contribution < -0.4 is 0 Å². The van der Waals surface area contributed by atoms with Crippen molar-refractivity contribution in [1.82, 2.24) is 14.1 Å². The predicted molar refractivity (Wildman–Crippen MR) is 92.2 cm³/mol. The first kappa shape index (κ1) is 19.0. The molecular weight excluding hydrogens is 338 g/mol. The minimum absolute atomic E-state index is 0.0802. The van der Waals surface area contributed by atoms with Gasteiger partial charge in [-0.3, -0.25) is 9.69 Å². The molecule has 0 N–H and O–H groups in total. The van der Waals surface area contributed by atoms with Crippen molar-refractivity contribution in [2.24, 2.45) is 0 Å². The van der Waals surface area contributed by atoms with Crippen LogP contribution in [0.25, 0.3) is 0 Å². The number of morpholine rings is 1. The van der Waals surface area contributed by atoms with Crippen LogP contribution in [-0.2, 0) is 19.6 Å². The van der Waals surface area contributed by atoms with Gasteiger partial charge in [0, 0.05) is 39.0 Å². The highest BCUT2D eigenvalue weighted by molar-refractivity contribution is 7.99. The largest absolute Gasteiger partial charge is 0.379 e.